The third-order valence-electron chi connectivity index (χ3n) is 4.20. The molecule has 0 atom stereocenters. The molecule has 1 heterocycles. The average Bonchev–Trinajstić information content (AvgIpc) is 3.17. The van der Waals surface area contributed by atoms with Crippen LogP contribution in [0.25, 0.3) is 0 Å². The molecule has 3 N–H and O–H groups in total. The minimum Gasteiger partial charge on any atom is -0.389 e. The first-order chi connectivity index (χ1) is 8.59. The van der Waals surface area contributed by atoms with E-state index < -0.39 is 0 Å². The molecule has 0 bridgehead atoms. The molecule has 0 spiro atoms. The zero-order valence-electron chi connectivity index (χ0n) is 10.7. The monoisotopic (exact) mass is 261 g/mol. The van der Waals surface area contributed by atoms with Crippen molar-refractivity contribution in [1.82, 2.24) is 4.98 Å². The SMILES string of the molecule is Cc1cc(C(N)=S)cc(NCC2(C3CC3)CC2)n1. The number of nitrogens with zero attached hydrogens (tertiary/aromatic N) is 1. The summed E-state index contributed by atoms with van der Waals surface area (Å²) in [6.07, 6.45) is 5.58. The Kier molecular flexibility index (Phi) is 2.77. The largest absolute Gasteiger partial charge is 0.389 e. The molecular formula is C14H19N3S. The molecule has 0 amide bonds. The lowest BCUT2D eigenvalue weighted by Crippen LogP contribution is -2.19. The van der Waals surface area contributed by atoms with Crippen LogP contribution in [0.3, 0.4) is 0 Å². The van der Waals surface area contributed by atoms with Crippen LogP contribution in [0.4, 0.5) is 5.82 Å². The van der Waals surface area contributed by atoms with Crippen LogP contribution in [0.15, 0.2) is 12.1 Å². The molecular weight excluding hydrogens is 242 g/mol. The van der Waals surface area contributed by atoms with Crippen LogP contribution in [-0.4, -0.2) is 16.5 Å². The second-order valence-corrected chi connectivity index (χ2v) is 6.18. The van der Waals surface area contributed by atoms with Crippen LogP contribution in [0.2, 0.25) is 0 Å². The van der Waals surface area contributed by atoms with E-state index in [2.05, 4.69) is 10.3 Å². The van der Waals surface area contributed by atoms with Gasteiger partial charge in [0.1, 0.15) is 10.8 Å². The fourth-order valence-corrected chi connectivity index (χ4v) is 2.87. The summed E-state index contributed by atoms with van der Waals surface area (Å²) in [5.41, 5.74) is 8.11. The van der Waals surface area contributed by atoms with Crippen molar-refractivity contribution in [3.8, 4) is 0 Å². The van der Waals surface area contributed by atoms with E-state index in [0.717, 1.165) is 29.5 Å². The molecule has 1 aromatic rings. The third-order valence-corrected chi connectivity index (χ3v) is 4.43. The van der Waals surface area contributed by atoms with Crippen molar-refractivity contribution in [2.45, 2.75) is 32.6 Å². The Morgan fingerprint density at radius 3 is 2.78 bits per heavy atom. The van der Waals surface area contributed by atoms with Gasteiger partial charge in [-0.15, -0.1) is 0 Å². The summed E-state index contributed by atoms with van der Waals surface area (Å²) in [6.45, 7) is 3.02. The number of aryl methyl sites for hydroxylation is 1. The molecule has 0 aromatic carbocycles. The summed E-state index contributed by atoms with van der Waals surface area (Å²) in [6, 6.07) is 3.89. The first kappa shape index (κ1) is 11.9. The average molecular weight is 261 g/mol. The highest BCUT2D eigenvalue weighted by Crippen LogP contribution is 2.61. The molecule has 96 valence electrons. The van der Waals surface area contributed by atoms with Gasteiger partial charge in [0, 0.05) is 17.8 Å². The highest BCUT2D eigenvalue weighted by molar-refractivity contribution is 7.80. The number of aromatic nitrogens is 1. The number of hydrogen-bond donors (Lipinski definition) is 2. The van der Waals surface area contributed by atoms with Gasteiger partial charge in [-0.1, -0.05) is 12.2 Å². The van der Waals surface area contributed by atoms with Crippen molar-refractivity contribution in [2.24, 2.45) is 17.1 Å². The van der Waals surface area contributed by atoms with Crippen LogP contribution in [-0.2, 0) is 0 Å². The Labute approximate surface area is 113 Å². The second kappa shape index (κ2) is 4.19. The summed E-state index contributed by atoms with van der Waals surface area (Å²) in [5, 5.41) is 3.48. The highest BCUT2D eigenvalue weighted by atomic mass is 32.1. The molecule has 2 fully saturated rings. The number of nitrogens with two attached hydrogens (primary N) is 1. The lowest BCUT2D eigenvalue weighted by Gasteiger charge is -2.16. The Bertz CT molecular complexity index is 490. The summed E-state index contributed by atoms with van der Waals surface area (Å²) < 4.78 is 0. The molecule has 0 unspecified atom stereocenters. The van der Waals surface area contributed by atoms with E-state index in [9.17, 15) is 0 Å². The predicted octanol–water partition coefficient (Wildman–Crippen LogP) is 2.63. The molecule has 2 saturated carbocycles. The summed E-state index contributed by atoms with van der Waals surface area (Å²) in [5.74, 6) is 1.87. The van der Waals surface area contributed by atoms with E-state index in [1.54, 1.807) is 0 Å². The van der Waals surface area contributed by atoms with Crippen LogP contribution in [0.5, 0.6) is 0 Å². The molecule has 0 saturated heterocycles. The maximum atomic E-state index is 5.68. The topological polar surface area (TPSA) is 50.9 Å². The smallest absolute Gasteiger partial charge is 0.126 e. The van der Waals surface area contributed by atoms with Gasteiger partial charge in [0.05, 0.1) is 0 Å². The minimum absolute atomic E-state index is 0.437. The van der Waals surface area contributed by atoms with Gasteiger partial charge in [0.25, 0.3) is 0 Å². The molecule has 1 aromatic heterocycles. The number of anilines is 1. The molecule has 0 aliphatic heterocycles. The summed E-state index contributed by atoms with van der Waals surface area (Å²) in [7, 11) is 0. The lowest BCUT2D eigenvalue weighted by atomic mass is 10.0. The van der Waals surface area contributed by atoms with E-state index in [1.807, 2.05) is 19.1 Å². The van der Waals surface area contributed by atoms with E-state index in [-0.39, 0.29) is 0 Å². The Morgan fingerprint density at radius 2 is 2.22 bits per heavy atom. The maximum Gasteiger partial charge on any atom is 0.126 e. The standard InChI is InChI=1S/C14H19N3S/c1-9-6-10(13(15)18)7-12(17-9)16-8-14(4-5-14)11-2-3-11/h6-7,11H,2-5,8H2,1H3,(H2,15,18)(H,16,17). The molecule has 18 heavy (non-hydrogen) atoms. The maximum absolute atomic E-state index is 5.68. The zero-order valence-corrected chi connectivity index (χ0v) is 11.5. The number of thiocarbonyl (C=S) groups is 1. The number of nitrogens with one attached hydrogen (secondary N) is 1. The van der Waals surface area contributed by atoms with Gasteiger partial charge < -0.3 is 11.1 Å². The normalized spacial score (nSPS) is 20.5. The first-order valence-electron chi connectivity index (χ1n) is 6.61. The van der Waals surface area contributed by atoms with Crippen LogP contribution in [0.1, 0.15) is 36.9 Å². The Morgan fingerprint density at radius 1 is 1.50 bits per heavy atom. The Hall–Kier alpha value is -1.16. The van der Waals surface area contributed by atoms with Crippen molar-refractivity contribution >= 4 is 23.0 Å². The van der Waals surface area contributed by atoms with Crippen LogP contribution >= 0.6 is 12.2 Å². The fraction of sp³-hybridized carbons (Fsp3) is 0.571. The molecule has 3 rings (SSSR count). The fourth-order valence-electron chi connectivity index (χ4n) is 2.75. The third kappa shape index (κ3) is 2.34. The number of hydrogen-bond acceptors (Lipinski definition) is 3. The molecule has 4 heteroatoms. The summed E-state index contributed by atoms with van der Waals surface area (Å²) in [4.78, 5) is 4.94. The van der Waals surface area contributed by atoms with Crippen molar-refractivity contribution in [1.29, 1.82) is 0 Å². The van der Waals surface area contributed by atoms with Crippen molar-refractivity contribution in [3.05, 3.63) is 23.4 Å². The van der Waals surface area contributed by atoms with Crippen LogP contribution in [0, 0.1) is 18.3 Å². The van der Waals surface area contributed by atoms with E-state index in [0.29, 0.717) is 10.4 Å². The quantitative estimate of drug-likeness (QED) is 0.800. The molecule has 2 aliphatic carbocycles. The summed E-state index contributed by atoms with van der Waals surface area (Å²) >= 11 is 5.03. The van der Waals surface area contributed by atoms with Gasteiger partial charge in [0.15, 0.2) is 0 Å². The van der Waals surface area contributed by atoms with Gasteiger partial charge in [-0.2, -0.15) is 0 Å². The predicted molar refractivity (Wildman–Crippen MR) is 77.7 cm³/mol. The van der Waals surface area contributed by atoms with Gasteiger partial charge in [0.2, 0.25) is 0 Å². The second-order valence-electron chi connectivity index (χ2n) is 5.74. The highest BCUT2D eigenvalue weighted by Gasteiger charge is 2.53. The van der Waals surface area contributed by atoms with Crippen molar-refractivity contribution in [3.63, 3.8) is 0 Å². The molecule has 3 nitrogen and oxygen atoms in total. The van der Waals surface area contributed by atoms with Gasteiger partial charge in [-0.25, -0.2) is 4.98 Å². The van der Waals surface area contributed by atoms with Gasteiger partial charge >= 0.3 is 0 Å². The lowest BCUT2D eigenvalue weighted by molar-refractivity contribution is 0.466. The molecule has 0 radical (unpaired) electrons. The van der Waals surface area contributed by atoms with E-state index >= 15 is 0 Å². The van der Waals surface area contributed by atoms with Crippen molar-refractivity contribution in [2.75, 3.05) is 11.9 Å². The number of pyridine rings is 1. The van der Waals surface area contributed by atoms with Gasteiger partial charge in [-0.05, 0) is 56.1 Å². The van der Waals surface area contributed by atoms with E-state index in [1.165, 1.54) is 25.7 Å². The van der Waals surface area contributed by atoms with E-state index in [4.69, 9.17) is 18.0 Å². The minimum atomic E-state index is 0.437. The molecule has 2 aliphatic rings. The zero-order chi connectivity index (χ0) is 12.8. The van der Waals surface area contributed by atoms with Crippen molar-refractivity contribution < 1.29 is 0 Å². The number of rotatable bonds is 5. The van der Waals surface area contributed by atoms with Gasteiger partial charge in [-0.3, -0.25) is 0 Å². The Balaban J connectivity index is 1.70. The van der Waals surface area contributed by atoms with Crippen LogP contribution < -0.4 is 11.1 Å². The first-order valence-corrected chi connectivity index (χ1v) is 7.02.